The Bertz CT molecular complexity index is 1910. The number of carbonyl (C=O) groups excluding carboxylic acids is 2. The molecule has 2 aromatic heterocycles. The van der Waals surface area contributed by atoms with Gasteiger partial charge in [0.1, 0.15) is 22.9 Å². The highest BCUT2D eigenvalue weighted by molar-refractivity contribution is 7.22. The molecule has 1 fully saturated rings. The van der Waals surface area contributed by atoms with Gasteiger partial charge in [-0.05, 0) is 61.0 Å². The molecule has 12 nitrogen and oxygen atoms in total. The molecular formula is C32H29N5O7S. The Morgan fingerprint density at radius 2 is 1.89 bits per heavy atom. The number of morpholine rings is 1. The lowest BCUT2D eigenvalue weighted by Gasteiger charge is -2.27. The van der Waals surface area contributed by atoms with Gasteiger partial charge in [-0.1, -0.05) is 0 Å². The zero-order chi connectivity index (χ0) is 30.9. The Hall–Kier alpha value is -5.01. The van der Waals surface area contributed by atoms with Crippen molar-refractivity contribution in [3.05, 3.63) is 65.9 Å². The molecule has 1 saturated heterocycles. The van der Waals surface area contributed by atoms with E-state index in [-0.39, 0.29) is 19.1 Å². The van der Waals surface area contributed by atoms with Crippen molar-refractivity contribution in [1.29, 1.82) is 0 Å². The van der Waals surface area contributed by atoms with Gasteiger partial charge in [-0.25, -0.2) is 19.7 Å². The number of fused-ring (bicyclic) bond motifs is 4. The maximum absolute atomic E-state index is 12.6. The standard InChI is InChI=1S/C32H29N5O7S/c1-18-13-22(27-24(14-18)35-26(40-2)15-33-27)30-36-23-7-8-25-28(29(23)45-30)42-16-21(44-25)17-43-32(39)34-20-5-3-19(4-6-20)31(38)37-9-11-41-12-10-37/h3-8,13-15,21H,9-12,16-17H2,1-2H3,(H,34,39)/t21-/m1/s1. The normalized spacial score (nSPS) is 16.0. The fraction of sp³-hybridized carbons (Fsp3) is 0.281. The molecule has 3 aromatic carbocycles. The maximum atomic E-state index is 12.6. The SMILES string of the molecule is COc1cnc2c(-c3nc4ccc5c(c4s3)OC[C@H](COC(=O)Nc3ccc(C(=O)N4CCOCC4)cc3)O5)cc(C)cc2n1. The van der Waals surface area contributed by atoms with Crippen molar-refractivity contribution in [3.63, 3.8) is 0 Å². The molecule has 4 heterocycles. The van der Waals surface area contributed by atoms with Crippen molar-refractivity contribution in [2.75, 3.05) is 51.9 Å². The summed E-state index contributed by atoms with van der Waals surface area (Å²) in [5, 5.41) is 3.47. The first-order chi connectivity index (χ1) is 21.9. The number of ether oxygens (including phenoxy) is 5. The second-order valence-electron chi connectivity index (χ2n) is 10.6. The highest BCUT2D eigenvalue weighted by atomic mass is 32.1. The van der Waals surface area contributed by atoms with Crippen LogP contribution in [-0.2, 0) is 9.47 Å². The van der Waals surface area contributed by atoms with Gasteiger partial charge in [-0.15, -0.1) is 11.3 Å². The van der Waals surface area contributed by atoms with E-state index in [1.54, 1.807) is 42.5 Å². The van der Waals surface area contributed by atoms with E-state index in [2.05, 4.69) is 15.3 Å². The minimum Gasteiger partial charge on any atom is -0.484 e. The number of carbonyl (C=O) groups is 2. The summed E-state index contributed by atoms with van der Waals surface area (Å²) in [6.45, 7) is 4.39. The zero-order valence-electron chi connectivity index (χ0n) is 24.6. The van der Waals surface area contributed by atoms with Crippen LogP contribution in [0.3, 0.4) is 0 Å². The average molecular weight is 628 g/mol. The molecule has 0 aliphatic carbocycles. The molecule has 5 aromatic rings. The van der Waals surface area contributed by atoms with Gasteiger partial charge in [0.05, 0.1) is 43.1 Å². The van der Waals surface area contributed by atoms with Crippen molar-refractivity contribution < 1.29 is 33.3 Å². The van der Waals surface area contributed by atoms with Gasteiger partial charge in [0, 0.05) is 29.9 Å². The van der Waals surface area contributed by atoms with Crippen molar-refractivity contribution in [2.24, 2.45) is 0 Å². The number of methoxy groups -OCH3 is 1. The number of nitrogens with one attached hydrogen (secondary N) is 1. The molecule has 0 saturated carbocycles. The van der Waals surface area contributed by atoms with Crippen molar-refractivity contribution in [2.45, 2.75) is 13.0 Å². The average Bonchev–Trinajstić information content (AvgIpc) is 3.52. The first-order valence-corrected chi connectivity index (χ1v) is 15.2. The molecular weight excluding hydrogens is 598 g/mol. The second-order valence-corrected chi connectivity index (χ2v) is 11.6. The molecule has 0 bridgehead atoms. The molecule has 230 valence electrons. The number of amides is 2. The van der Waals surface area contributed by atoms with E-state index in [9.17, 15) is 9.59 Å². The summed E-state index contributed by atoms with van der Waals surface area (Å²) in [6, 6.07) is 14.4. The lowest BCUT2D eigenvalue weighted by atomic mass is 10.1. The molecule has 1 atom stereocenters. The molecule has 2 aliphatic heterocycles. The molecule has 0 spiro atoms. The maximum Gasteiger partial charge on any atom is 0.411 e. The van der Waals surface area contributed by atoms with Crippen LogP contribution < -0.4 is 19.5 Å². The largest absolute Gasteiger partial charge is 0.484 e. The Balaban J connectivity index is 0.995. The number of hydrogen-bond acceptors (Lipinski definition) is 11. The van der Waals surface area contributed by atoms with Crippen molar-refractivity contribution in [3.8, 4) is 28.0 Å². The lowest BCUT2D eigenvalue weighted by Crippen LogP contribution is -2.40. The first-order valence-electron chi connectivity index (χ1n) is 14.4. The van der Waals surface area contributed by atoms with Crippen LogP contribution in [0.1, 0.15) is 15.9 Å². The smallest absolute Gasteiger partial charge is 0.411 e. The van der Waals surface area contributed by atoms with Gasteiger partial charge in [0.15, 0.2) is 17.6 Å². The Morgan fingerprint density at radius 1 is 1.07 bits per heavy atom. The minimum absolute atomic E-state index is 0.0116. The number of benzene rings is 3. The number of anilines is 1. The van der Waals surface area contributed by atoms with Gasteiger partial charge in [-0.2, -0.15) is 0 Å². The third kappa shape index (κ3) is 5.91. The summed E-state index contributed by atoms with van der Waals surface area (Å²) < 4.78 is 29.1. The first kappa shape index (κ1) is 28.7. The molecule has 45 heavy (non-hydrogen) atoms. The van der Waals surface area contributed by atoms with Crippen LogP contribution >= 0.6 is 11.3 Å². The number of aromatic nitrogens is 3. The van der Waals surface area contributed by atoms with E-state index < -0.39 is 12.2 Å². The highest BCUT2D eigenvalue weighted by Crippen LogP contribution is 2.44. The van der Waals surface area contributed by atoms with E-state index in [1.807, 2.05) is 31.2 Å². The van der Waals surface area contributed by atoms with Crippen LogP contribution in [0, 0.1) is 6.92 Å². The van der Waals surface area contributed by atoms with E-state index in [0.717, 1.165) is 37.4 Å². The van der Waals surface area contributed by atoms with Crippen LogP contribution in [-0.4, -0.2) is 84.6 Å². The fourth-order valence-electron chi connectivity index (χ4n) is 5.24. The number of nitrogens with zero attached hydrogens (tertiary/aromatic N) is 4. The second kappa shape index (κ2) is 12.2. The topological polar surface area (TPSA) is 134 Å². The Kier molecular flexibility index (Phi) is 7.78. The molecule has 0 radical (unpaired) electrons. The summed E-state index contributed by atoms with van der Waals surface area (Å²) in [6.07, 6.45) is 0.472. The van der Waals surface area contributed by atoms with E-state index >= 15 is 0 Å². The van der Waals surface area contributed by atoms with Crippen molar-refractivity contribution in [1.82, 2.24) is 19.9 Å². The monoisotopic (exact) mass is 627 g/mol. The van der Waals surface area contributed by atoms with Crippen LogP contribution in [0.2, 0.25) is 0 Å². The molecule has 2 amide bonds. The summed E-state index contributed by atoms with van der Waals surface area (Å²) in [5.74, 6) is 1.55. The van der Waals surface area contributed by atoms with Crippen LogP contribution in [0.4, 0.5) is 10.5 Å². The third-order valence-electron chi connectivity index (χ3n) is 7.47. The summed E-state index contributed by atoms with van der Waals surface area (Å²) in [4.78, 5) is 40.9. The van der Waals surface area contributed by atoms with Gasteiger partial charge in [0.25, 0.3) is 5.91 Å². The third-order valence-corrected chi connectivity index (χ3v) is 8.57. The predicted molar refractivity (Wildman–Crippen MR) is 167 cm³/mol. The van der Waals surface area contributed by atoms with Gasteiger partial charge >= 0.3 is 6.09 Å². The van der Waals surface area contributed by atoms with E-state index in [1.165, 1.54) is 11.3 Å². The summed E-state index contributed by atoms with van der Waals surface area (Å²) in [7, 11) is 1.56. The van der Waals surface area contributed by atoms with Gasteiger partial charge < -0.3 is 28.6 Å². The molecule has 7 rings (SSSR count). The quantitative estimate of drug-likeness (QED) is 0.272. The Morgan fingerprint density at radius 3 is 2.69 bits per heavy atom. The summed E-state index contributed by atoms with van der Waals surface area (Å²) >= 11 is 1.49. The van der Waals surface area contributed by atoms with Crippen LogP contribution in [0.25, 0.3) is 31.8 Å². The van der Waals surface area contributed by atoms with Gasteiger partial charge in [-0.3, -0.25) is 10.1 Å². The molecule has 13 heteroatoms. The van der Waals surface area contributed by atoms with Crippen molar-refractivity contribution >= 4 is 50.3 Å². The molecule has 2 aliphatic rings. The minimum atomic E-state index is -0.634. The number of rotatable bonds is 6. The zero-order valence-corrected chi connectivity index (χ0v) is 25.4. The predicted octanol–water partition coefficient (Wildman–Crippen LogP) is 5.08. The number of thiazole rings is 1. The van der Waals surface area contributed by atoms with E-state index in [0.29, 0.717) is 54.9 Å². The lowest BCUT2D eigenvalue weighted by molar-refractivity contribution is 0.0303. The summed E-state index contributed by atoms with van der Waals surface area (Å²) in [5.41, 5.74) is 5.21. The molecule has 1 N–H and O–H groups in total. The number of hydrogen-bond donors (Lipinski definition) is 1. The number of aryl methyl sites for hydroxylation is 1. The highest BCUT2D eigenvalue weighted by Gasteiger charge is 2.26. The van der Waals surface area contributed by atoms with Gasteiger partial charge in [0.2, 0.25) is 5.88 Å². The Labute approximate surface area is 261 Å². The molecule has 0 unspecified atom stereocenters. The van der Waals surface area contributed by atoms with Crippen LogP contribution in [0.5, 0.6) is 17.4 Å². The van der Waals surface area contributed by atoms with Crippen LogP contribution in [0.15, 0.2) is 54.7 Å². The van der Waals surface area contributed by atoms with E-state index in [4.69, 9.17) is 28.7 Å². The fourth-order valence-corrected chi connectivity index (χ4v) is 6.32.